The van der Waals surface area contributed by atoms with Gasteiger partial charge in [-0.1, -0.05) is 60.2 Å². The number of benzene rings is 2. The molecule has 1 aromatic heterocycles. The number of aromatic nitrogens is 1. The van der Waals surface area contributed by atoms with Gasteiger partial charge in [-0.15, -0.1) is 0 Å². The second kappa shape index (κ2) is 10.9. The van der Waals surface area contributed by atoms with Crippen LogP contribution in [-0.2, 0) is 16.0 Å². The first-order chi connectivity index (χ1) is 16.5. The van der Waals surface area contributed by atoms with E-state index in [-0.39, 0.29) is 11.8 Å². The van der Waals surface area contributed by atoms with E-state index in [2.05, 4.69) is 46.8 Å². The monoisotopic (exact) mass is 458 g/mol. The van der Waals surface area contributed by atoms with Crippen molar-refractivity contribution in [2.24, 2.45) is 0 Å². The molecule has 34 heavy (non-hydrogen) atoms. The molecule has 2 amide bonds. The van der Waals surface area contributed by atoms with E-state index in [0.29, 0.717) is 31.1 Å². The summed E-state index contributed by atoms with van der Waals surface area (Å²) in [5, 5.41) is 6.27. The van der Waals surface area contributed by atoms with Gasteiger partial charge in [0.2, 0.25) is 5.91 Å². The molecule has 1 aliphatic heterocycles. The second-order valence-electron chi connectivity index (χ2n) is 8.56. The number of amides is 2. The zero-order chi connectivity index (χ0) is 23.9. The van der Waals surface area contributed by atoms with E-state index in [4.69, 9.17) is 4.74 Å². The van der Waals surface area contributed by atoms with Crippen molar-refractivity contribution < 1.29 is 14.3 Å². The molecular weight excluding hydrogens is 428 g/mol. The molecule has 2 aromatic carbocycles. The molecule has 176 valence electrons. The highest BCUT2D eigenvalue weighted by molar-refractivity contribution is 5.94. The summed E-state index contributed by atoms with van der Waals surface area (Å²) in [5.74, 6) is 0.708. The Morgan fingerprint density at radius 3 is 2.53 bits per heavy atom. The molecule has 0 radical (unpaired) electrons. The van der Waals surface area contributed by atoms with Gasteiger partial charge in [0.1, 0.15) is 17.6 Å². The standard InChI is InChI=1S/C27H30N4O3/c1-19-8-10-20(11-9-19)14-16-28-25(21-6-4-3-5-7-21)26(32)30-24-13-12-22(18-29-24)34-23-15-17-31(2)27(23)33/h3-13,18,23,25,28H,14-17H2,1-2H3,(H,29,30,32)/t23-,25+/m0/s1. The zero-order valence-electron chi connectivity index (χ0n) is 19.5. The minimum absolute atomic E-state index is 0.0280. The smallest absolute Gasteiger partial charge is 0.263 e. The maximum absolute atomic E-state index is 13.1. The van der Waals surface area contributed by atoms with Crippen LogP contribution in [0.5, 0.6) is 5.75 Å². The largest absolute Gasteiger partial charge is 0.479 e. The van der Waals surface area contributed by atoms with Crippen molar-refractivity contribution in [2.45, 2.75) is 31.9 Å². The molecule has 3 aromatic rings. The Morgan fingerprint density at radius 1 is 1.12 bits per heavy atom. The Labute approximate surface area is 200 Å². The van der Waals surface area contributed by atoms with E-state index in [0.717, 1.165) is 12.0 Å². The minimum Gasteiger partial charge on any atom is -0.479 e. The maximum Gasteiger partial charge on any atom is 0.263 e. The lowest BCUT2D eigenvalue weighted by Gasteiger charge is -2.19. The summed E-state index contributed by atoms with van der Waals surface area (Å²) in [5.41, 5.74) is 3.33. The Kier molecular flexibility index (Phi) is 7.54. The number of carbonyl (C=O) groups excluding carboxylic acids is 2. The van der Waals surface area contributed by atoms with Crippen LogP contribution in [0, 0.1) is 6.92 Å². The quantitative estimate of drug-likeness (QED) is 0.513. The average Bonchev–Trinajstić information content (AvgIpc) is 3.17. The van der Waals surface area contributed by atoms with Gasteiger partial charge in [0, 0.05) is 26.6 Å². The maximum atomic E-state index is 13.1. The van der Waals surface area contributed by atoms with Gasteiger partial charge in [0.15, 0.2) is 6.10 Å². The van der Waals surface area contributed by atoms with E-state index in [1.807, 2.05) is 30.3 Å². The summed E-state index contributed by atoms with van der Waals surface area (Å²) in [4.78, 5) is 31.2. The lowest BCUT2D eigenvalue weighted by atomic mass is 10.1. The summed E-state index contributed by atoms with van der Waals surface area (Å²) in [7, 11) is 1.76. The number of hydrogen-bond acceptors (Lipinski definition) is 5. The van der Waals surface area contributed by atoms with Crippen LogP contribution >= 0.6 is 0 Å². The van der Waals surface area contributed by atoms with Crippen molar-refractivity contribution in [3.63, 3.8) is 0 Å². The van der Waals surface area contributed by atoms with Crippen LogP contribution in [-0.4, -0.2) is 47.9 Å². The summed E-state index contributed by atoms with van der Waals surface area (Å²) >= 11 is 0. The van der Waals surface area contributed by atoms with Gasteiger partial charge in [0.05, 0.1) is 6.20 Å². The third-order valence-electron chi connectivity index (χ3n) is 5.92. The van der Waals surface area contributed by atoms with Gasteiger partial charge in [-0.05, 0) is 36.6 Å². The predicted molar refractivity (Wildman–Crippen MR) is 132 cm³/mol. The number of likely N-dealkylation sites (N-methyl/N-ethyl adjacent to an activating group) is 1. The highest BCUT2D eigenvalue weighted by atomic mass is 16.5. The Hall–Kier alpha value is -3.71. The molecule has 1 saturated heterocycles. The number of carbonyl (C=O) groups is 2. The van der Waals surface area contributed by atoms with Crippen LogP contribution in [0.2, 0.25) is 0 Å². The molecule has 7 heteroatoms. The molecule has 7 nitrogen and oxygen atoms in total. The molecule has 2 N–H and O–H groups in total. The fraction of sp³-hybridized carbons (Fsp3) is 0.296. The van der Waals surface area contributed by atoms with Gasteiger partial charge in [-0.25, -0.2) is 4.98 Å². The number of nitrogens with zero attached hydrogens (tertiary/aromatic N) is 2. The van der Waals surface area contributed by atoms with Gasteiger partial charge >= 0.3 is 0 Å². The molecule has 1 aliphatic rings. The summed E-state index contributed by atoms with van der Waals surface area (Å²) in [6, 6.07) is 20.9. The number of pyridine rings is 1. The SMILES string of the molecule is Cc1ccc(CCN[C@@H](C(=O)Nc2ccc(O[C@H]3CCN(C)C3=O)cn2)c2ccccc2)cc1. The third kappa shape index (κ3) is 5.99. The summed E-state index contributed by atoms with van der Waals surface area (Å²) < 4.78 is 5.76. The minimum atomic E-state index is -0.518. The van der Waals surface area contributed by atoms with E-state index < -0.39 is 12.1 Å². The fourth-order valence-electron chi connectivity index (χ4n) is 3.91. The number of nitrogens with one attached hydrogen (secondary N) is 2. The summed E-state index contributed by atoms with van der Waals surface area (Å²) in [6.45, 7) is 3.40. The third-order valence-corrected chi connectivity index (χ3v) is 5.92. The van der Waals surface area contributed by atoms with Crippen molar-refractivity contribution in [3.8, 4) is 5.75 Å². The van der Waals surface area contributed by atoms with E-state index in [1.54, 1.807) is 24.1 Å². The van der Waals surface area contributed by atoms with Gasteiger partial charge in [0.25, 0.3) is 5.91 Å². The topological polar surface area (TPSA) is 83.6 Å². The molecule has 0 spiro atoms. The first-order valence-electron chi connectivity index (χ1n) is 11.5. The normalized spacial score (nSPS) is 16.4. The van der Waals surface area contributed by atoms with Gasteiger partial charge in [-0.2, -0.15) is 0 Å². The molecule has 2 atom stereocenters. The fourth-order valence-corrected chi connectivity index (χ4v) is 3.91. The molecular formula is C27H30N4O3. The number of ether oxygens (including phenoxy) is 1. The number of aryl methyl sites for hydroxylation is 1. The van der Waals surface area contributed by atoms with Crippen molar-refractivity contribution in [3.05, 3.63) is 89.6 Å². The molecule has 1 fully saturated rings. The first-order valence-corrected chi connectivity index (χ1v) is 11.5. The molecule has 0 aliphatic carbocycles. The van der Waals surface area contributed by atoms with E-state index in [9.17, 15) is 9.59 Å². The highest BCUT2D eigenvalue weighted by Gasteiger charge is 2.30. The van der Waals surface area contributed by atoms with Crippen molar-refractivity contribution in [1.29, 1.82) is 0 Å². The second-order valence-corrected chi connectivity index (χ2v) is 8.56. The lowest BCUT2D eigenvalue weighted by Crippen LogP contribution is -2.34. The lowest BCUT2D eigenvalue weighted by molar-refractivity contribution is -0.132. The van der Waals surface area contributed by atoms with E-state index >= 15 is 0 Å². The molecule has 4 rings (SSSR count). The van der Waals surface area contributed by atoms with Crippen LogP contribution in [0.15, 0.2) is 72.9 Å². The average molecular weight is 459 g/mol. The highest BCUT2D eigenvalue weighted by Crippen LogP contribution is 2.20. The molecule has 0 unspecified atom stereocenters. The molecule has 2 heterocycles. The Balaban J connectivity index is 1.38. The first kappa shape index (κ1) is 23.4. The number of rotatable bonds is 9. The van der Waals surface area contributed by atoms with Crippen LogP contribution in [0.25, 0.3) is 0 Å². The van der Waals surface area contributed by atoms with Crippen LogP contribution in [0.3, 0.4) is 0 Å². The van der Waals surface area contributed by atoms with Crippen molar-refractivity contribution >= 4 is 17.6 Å². The number of anilines is 1. The number of likely N-dealkylation sites (tertiary alicyclic amines) is 1. The van der Waals surface area contributed by atoms with Gasteiger partial charge in [-0.3, -0.25) is 9.59 Å². The summed E-state index contributed by atoms with van der Waals surface area (Å²) in [6.07, 6.45) is 2.52. The Bertz CT molecular complexity index is 1100. The molecule has 0 saturated carbocycles. The van der Waals surface area contributed by atoms with E-state index in [1.165, 1.54) is 17.3 Å². The molecule has 0 bridgehead atoms. The number of hydrogen-bond donors (Lipinski definition) is 2. The van der Waals surface area contributed by atoms with Crippen LogP contribution in [0.1, 0.15) is 29.2 Å². The van der Waals surface area contributed by atoms with Crippen molar-refractivity contribution in [2.75, 3.05) is 25.5 Å². The predicted octanol–water partition coefficient (Wildman–Crippen LogP) is 3.51. The van der Waals surface area contributed by atoms with Crippen LogP contribution in [0.4, 0.5) is 5.82 Å². The van der Waals surface area contributed by atoms with Gasteiger partial charge < -0.3 is 20.3 Å². The van der Waals surface area contributed by atoms with Crippen molar-refractivity contribution in [1.82, 2.24) is 15.2 Å². The zero-order valence-corrected chi connectivity index (χ0v) is 19.5. The van der Waals surface area contributed by atoms with Crippen LogP contribution < -0.4 is 15.4 Å². The Morgan fingerprint density at radius 2 is 1.88 bits per heavy atom.